The van der Waals surface area contributed by atoms with Crippen LogP contribution in [0.15, 0.2) is 0 Å². The molecule has 0 spiro atoms. The molecule has 23 heavy (non-hydrogen) atoms. The van der Waals surface area contributed by atoms with Crippen molar-refractivity contribution in [1.29, 1.82) is 15.8 Å². The maximum atomic E-state index is 11.4. The monoisotopic (exact) mass is 310 g/mol. The lowest BCUT2D eigenvalue weighted by molar-refractivity contribution is -0.347. The zero-order valence-corrected chi connectivity index (χ0v) is 12.8. The van der Waals surface area contributed by atoms with Crippen molar-refractivity contribution in [2.45, 2.75) is 13.3 Å². The van der Waals surface area contributed by atoms with E-state index in [9.17, 15) is 15.3 Å². The predicted octanol–water partition coefficient (Wildman–Crippen LogP) is -0.439. The minimum absolute atomic E-state index is 0.0126. The zero-order valence-electron chi connectivity index (χ0n) is 12.8. The molecule has 0 unspecified atom stereocenters. The molecule has 1 amide bonds. The molecular formula is C15H16N7O+. The van der Waals surface area contributed by atoms with Crippen LogP contribution in [0.25, 0.3) is 0 Å². The number of pyridine rings is 1. The molecule has 0 radical (unpaired) electrons. The largest absolute Gasteiger partial charge is 0.337 e. The lowest BCUT2D eigenvalue weighted by Crippen LogP contribution is -2.50. The summed E-state index contributed by atoms with van der Waals surface area (Å²) >= 11 is 0. The molecule has 0 bridgehead atoms. The minimum atomic E-state index is -0.0644. The molecule has 0 atom stereocenters. The highest BCUT2D eigenvalue weighted by Crippen LogP contribution is 2.25. The lowest BCUT2D eigenvalue weighted by Gasteiger charge is -2.32. The van der Waals surface area contributed by atoms with Gasteiger partial charge in [-0.15, -0.1) is 0 Å². The summed E-state index contributed by atoms with van der Waals surface area (Å²) in [6, 6.07) is 5.99. The van der Waals surface area contributed by atoms with Crippen molar-refractivity contribution >= 4 is 17.5 Å². The second kappa shape index (κ2) is 6.64. The van der Waals surface area contributed by atoms with E-state index in [1.54, 1.807) is 4.90 Å². The molecule has 1 saturated heterocycles. The number of nitrogens with one attached hydrogen (secondary N) is 1. The van der Waals surface area contributed by atoms with Gasteiger partial charge in [-0.1, -0.05) is 0 Å². The Kier molecular flexibility index (Phi) is 4.64. The third-order valence-electron chi connectivity index (χ3n) is 3.88. The highest BCUT2D eigenvalue weighted by Gasteiger charge is 2.29. The van der Waals surface area contributed by atoms with E-state index >= 15 is 0 Å². The number of hydrogen-bond donors (Lipinski definition) is 1. The molecule has 8 heteroatoms. The summed E-state index contributed by atoms with van der Waals surface area (Å²) in [6.07, 6.45) is -0.0644. The number of amides is 1. The Labute approximate surface area is 133 Å². The summed E-state index contributed by atoms with van der Waals surface area (Å²) in [7, 11) is 0. The van der Waals surface area contributed by atoms with Gasteiger partial charge < -0.3 is 10.6 Å². The van der Waals surface area contributed by atoms with Crippen LogP contribution in [0.4, 0.5) is 11.6 Å². The molecule has 0 aliphatic carbocycles. The van der Waals surface area contributed by atoms with Gasteiger partial charge in [-0.25, -0.2) is 4.98 Å². The lowest BCUT2D eigenvalue weighted by atomic mass is 10.0. The Bertz CT molecular complexity index is 758. The fraction of sp³-hybridized carbons (Fsp3) is 0.400. The standard InChI is InChI=1S/C15H15N7O/c1-10(23)21-4-6-22(7-5-21)15-13(9-18)11(2-3-16)12(8-17)14(19)20-15/h2,4-7H2,1H3,(H2,19,20)/p+1. The summed E-state index contributed by atoms with van der Waals surface area (Å²) < 4.78 is 0. The van der Waals surface area contributed by atoms with Crippen molar-refractivity contribution in [3.8, 4) is 18.2 Å². The highest BCUT2D eigenvalue weighted by molar-refractivity contribution is 5.73. The van der Waals surface area contributed by atoms with Crippen molar-refractivity contribution in [2.24, 2.45) is 0 Å². The summed E-state index contributed by atoms with van der Waals surface area (Å²) in [5, 5.41) is 27.7. The molecule has 1 aliphatic heterocycles. The van der Waals surface area contributed by atoms with E-state index in [1.807, 2.05) is 17.0 Å². The first-order valence-electron chi connectivity index (χ1n) is 7.08. The van der Waals surface area contributed by atoms with Crippen LogP contribution in [0.5, 0.6) is 0 Å². The van der Waals surface area contributed by atoms with Gasteiger partial charge >= 0.3 is 0 Å². The van der Waals surface area contributed by atoms with E-state index in [1.165, 1.54) is 6.92 Å². The number of carbonyl (C=O) groups excluding carboxylic acids is 1. The Balaban J connectivity index is 2.45. The number of aromatic nitrogens is 1. The normalized spacial score (nSPS) is 13.8. The molecule has 2 rings (SSSR count). The number of nitrogens with two attached hydrogens (primary N) is 1. The van der Waals surface area contributed by atoms with E-state index < -0.39 is 0 Å². The van der Waals surface area contributed by atoms with Crippen molar-refractivity contribution < 1.29 is 9.78 Å². The average molecular weight is 310 g/mol. The fourth-order valence-corrected chi connectivity index (χ4v) is 2.67. The molecule has 1 aromatic rings. The smallest absolute Gasteiger partial charge is 0.240 e. The molecule has 0 saturated carbocycles. The van der Waals surface area contributed by atoms with Crippen LogP contribution in [-0.4, -0.2) is 37.0 Å². The molecule has 8 nitrogen and oxygen atoms in total. The molecule has 1 aliphatic rings. The predicted molar refractivity (Wildman–Crippen MR) is 80.6 cm³/mol. The van der Waals surface area contributed by atoms with Gasteiger partial charge in [-0.3, -0.25) is 9.69 Å². The SMILES string of the molecule is CC(=O)N1CCN(c2[nH+]c(N)c(C#N)c(CC#N)c2C#N)CC1. The van der Waals surface area contributed by atoms with Gasteiger partial charge in [0.15, 0.2) is 0 Å². The number of carbonyl (C=O) groups is 1. The quantitative estimate of drug-likeness (QED) is 0.786. The van der Waals surface area contributed by atoms with Crippen LogP contribution < -0.4 is 15.6 Å². The van der Waals surface area contributed by atoms with Gasteiger partial charge in [-0.05, 0) is 0 Å². The summed E-state index contributed by atoms with van der Waals surface area (Å²) in [6.45, 7) is 3.69. The van der Waals surface area contributed by atoms with Crippen LogP contribution in [0.2, 0.25) is 0 Å². The Hall–Kier alpha value is -3.31. The molecule has 1 fully saturated rings. The van der Waals surface area contributed by atoms with E-state index in [4.69, 9.17) is 11.0 Å². The Morgan fingerprint density at radius 2 is 1.78 bits per heavy atom. The number of aromatic amines is 1. The molecule has 1 aromatic heterocycles. The number of hydrogen-bond acceptors (Lipinski definition) is 6. The minimum Gasteiger partial charge on any atom is -0.337 e. The number of nitriles is 3. The number of anilines is 2. The van der Waals surface area contributed by atoms with Crippen molar-refractivity contribution in [3.63, 3.8) is 0 Å². The summed E-state index contributed by atoms with van der Waals surface area (Å²) in [5.41, 5.74) is 6.62. The molecule has 0 aromatic carbocycles. The second-order valence-corrected chi connectivity index (χ2v) is 5.17. The van der Waals surface area contributed by atoms with Crippen LogP contribution in [0.1, 0.15) is 23.6 Å². The molecule has 3 N–H and O–H groups in total. The van der Waals surface area contributed by atoms with Crippen molar-refractivity contribution in [2.75, 3.05) is 36.8 Å². The maximum Gasteiger partial charge on any atom is 0.240 e. The van der Waals surface area contributed by atoms with Crippen LogP contribution in [0, 0.1) is 34.0 Å². The fourth-order valence-electron chi connectivity index (χ4n) is 2.67. The van der Waals surface area contributed by atoms with Gasteiger partial charge in [0.25, 0.3) is 0 Å². The van der Waals surface area contributed by atoms with Crippen LogP contribution in [0.3, 0.4) is 0 Å². The first-order valence-corrected chi connectivity index (χ1v) is 7.08. The number of H-pyrrole nitrogens is 1. The van der Waals surface area contributed by atoms with Gasteiger partial charge in [0.2, 0.25) is 17.5 Å². The Morgan fingerprint density at radius 3 is 2.26 bits per heavy atom. The number of rotatable bonds is 2. The van der Waals surface area contributed by atoms with Crippen molar-refractivity contribution in [1.82, 2.24) is 4.90 Å². The second-order valence-electron chi connectivity index (χ2n) is 5.17. The van der Waals surface area contributed by atoms with Crippen molar-refractivity contribution in [3.05, 3.63) is 16.7 Å². The van der Waals surface area contributed by atoms with Gasteiger partial charge in [0.05, 0.1) is 38.7 Å². The Morgan fingerprint density at radius 1 is 1.17 bits per heavy atom. The third kappa shape index (κ3) is 3.00. The van der Waals surface area contributed by atoms with E-state index in [2.05, 4.69) is 11.1 Å². The molecular weight excluding hydrogens is 294 g/mol. The average Bonchev–Trinajstić information content (AvgIpc) is 2.55. The van der Waals surface area contributed by atoms with Gasteiger partial charge in [-0.2, -0.15) is 15.8 Å². The maximum absolute atomic E-state index is 11.4. The van der Waals surface area contributed by atoms with Crippen LogP contribution in [-0.2, 0) is 11.2 Å². The first-order chi connectivity index (χ1) is 11.0. The van der Waals surface area contributed by atoms with Gasteiger partial charge in [0.1, 0.15) is 23.3 Å². The number of nitrogens with zero attached hydrogens (tertiary/aromatic N) is 5. The number of piperazine rings is 1. The van der Waals surface area contributed by atoms with E-state index in [0.717, 1.165) is 0 Å². The van der Waals surface area contributed by atoms with E-state index in [-0.39, 0.29) is 29.3 Å². The summed E-state index contributed by atoms with van der Waals surface area (Å²) in [5.74, 6) is 0.650. The molecule has 116 valence electrons. The summed E-state index contributed by atoms with van der Waals surface area (Å²) in [4.78, 5) is 17.9. The topological polar surface area (TPSA) is 135 Å². The molecule has 2 heterocycles. The third-order valence-corrected chi connectivity index (χ3v) is 3.88. The van der Waals surface area contributed by atoms with Gasteiger partial charge in [0, 0.05) is 12.5 Å². The zero-order chi connectivity index (χ0) is 17.0. The first kappa shape index (κ1) is 16.1. The number of nitrogen functional groups attached to an aromatic ring is 1. The van der Waals surface area contributed by atoms with Crippen LogP contribution >= 0.6 is 0 Å². The van der Waals surface area contributed by atoms with E-state index in [0.29, 0.717) is 37.6 Å². The highest BCUT2D eigenvalue weighted by atomic mass is 16.2.